The largest absolute Gasteiger partial charge is 0.393 e. The molecule has 0 aromatic carbocycles. The maximum atomic E-state index is 10.3. The van der Waals surface area contributed by atoms with Gasteiger partial charge in [0.2, 0.25) is 0 Å². The summed E-state index contributed by atoms with van der Waals surface area (Å²) in [6.07, 6.45) is 1.46. The summed E-state index contributed by atoms with van der Waals surface area (Å²) < 4.78 is 4.14. The van der Waals surface area contributed by atoms with Crippen molar-refractivity contribution >= 4 is 11.9 Å². The van der Waals surface area contributed by atoms with Gasteiger partial charge in [-0.1, -0.05) is 6.08 Å². The predicted octanol–water partition coefficient (Wildman–Crippen LogP) is 1.45. The summed E-state index contributed by atoms with van der Waals surface area (Å²) in [5.41, 5.74) is 0. The molecular weight excluding hydrogens is 144 g/mol. The van der Waals surface area contributed by atoms with Gasteiger partial charge in [-0.25, -0.2) is 0 Å². The monoisotopic (exact) mass is 156 g/mol. The summed E-state index contributed by atoms with van der Waals surface area (Å²) in [6, 6.07) is 0. The third-order valence-corrected chi connectivity index (χ3v) is 0.569. The van der Waals surface area contributed by atoms with Gasteiger partial charge in [-0.3, -0.25) is 9.59 Å². The van der Waals surface area contributed by atoms with Crippen molar-refractivity contribution in [2.75, 3.05) is 0 Å². The normalized spacial score (nSPS) is 7.00. The molecule has 0 heterocycles. The zero-order valence-electron chi connectivity index (χ0n) is 6.63. The van der Waals surface area contributed by atoms with Gasteiger partial charge in [-0.2, -0.15) is 0 Å². The Morgan fingerprint density at radius 3 is 2.18 bits per heavy atom. The highest BCUT2D eigenvalue weighted by Crippen LogP contribution is 1.86. The molecule has 0 radical (unpaired) electrons. The molecule has 0 amide bonds. The molecule has 0 atom stereocenters. The van der Waals surface area contributed by atoms with E-state index in [9.17, 15) is 9.59 Å². The molecule has 0 fully saturated rings. The van der Waals surface area contributed by atoms with Crippen molar-refractivity contribution in [3.63, 3.8) is 0 Å². The Balaban J connectivity index is 0. The van der Waals surface area contributed by atoms with Crippen LogP contribution in [0.15, 0.2) is 25.8 Å². The molecule has 0 unspecified atom stereocenters. The second-order valence-corrected chi connectivity index (χ2v) is 1.46. The van der Waals surface area contributed by atoms with Crippen molar-refractivity contribution in [1.82, 2.24) is 0 Å². The van der Waals surface area contributed by atoms with Gasteiger partial charge in [0, 0.05) is 6.92 Å². The number of carbonyl (C=O) groups excluding carboxylic acids is 2. The van der Waals surface area contributed by atoms with Gasteiger partial charge < -0.3 is 4.74 Å². The van der Waals surface area contributed by atoms with Gasteiger partial charge in [0.05, 0.1) is 6.42 Å². The van der Waals surface area contributed by atoms with Crippen molar-refractivity contribution < 1.29 is 14.3 Å². The maximum absolute atomic E-state index is 10.3. The van der Waals surface area contributed by atoms with Crippen molar-refractivity contribution in [3.8, 4) is 0 Å². The van der Waals surface area contributed by atoms with E-state index in [1.54, 1.807) is 0 Å². The zero-order chi connectivity index (χ0) is 9.28. The van der Waals surface area contributed by atoms with E-state index >= 15 is 0 Å². The molecule has 0 aliphatic carbocycles. The quantitative estimate of drug-likeness (QED) is 0.345. The van der Waals surface area contributed by atoms with Crippen LogP contribution < -0.4 is 0 Å². The fourth-order valence-corrected chi connectivity index (χ4v) is 0.320. The maximum Gasteiger partial charge on any atom is 0.317 e. The van der Waals surface area contributed by atoms with E-state index in [-0.39, 0.29) is 6.42 Å². The van der Waals surface area contributed by atoms with Crippen LogP contribution >= 0.6 is 0 Å². The van der Waals surface area contributed by atoms with Gasteiger partial charge in [0.1, 0.15) is 0 Å². The lowest BCUT2D eigenvalue weighted by Crippen LogP contribution is -2.06. The van der Waals surface area contributed by atoms with Crippen LogP contribution in [0.5, 0.6) is 0 Å². The molecule has 0 aromatic heterocycles. The summed E-state index contributed by atoms with van der Waals surface area (Å²) in [5.74, 6) is -1.14. The van der Waals surface area contributed by atoms with Crippen LogP contribution in [0, 0.1) is 0 Å². The second kappa shape index (κ2) is 8.62. The summed E-state index contributed by atoms with van der Waals surface area (Å²) in [5, 5.41) is 0. The molecule has 0 N–H and O–H groups in total. The van der Waals surface area contributed by atoms with Gasteiger partial charge >= 0.3 is 11.9 Å². The van der Waals surface area contributed by atoms with Crippen molar-refractivity contribution in [2.45, 2.75) is 13.3 Å². The molecule has 0 aromatic rings. The van der Waals surface area contributed by atoms with Crippen LogP contribution in [-0.2, 0) is 14.3 Å². The Morgan fingerprint density at radius 2 is 1.91 bits per heavy atom. The fourth-order valence-electron chi connectivity index (χ4n) is 0.320. The van der Waals surface area contributed by atoms with Crippen molar-refractivity contribution in [1.29, 1.82) is 0 Å². The summed E-state index contributed by atoms with van der Waals surface area (Å²) in [4.78, 5) is 20.4. The summed E-state index contributed by atoms with van der Waals surface area (Å²) in [6.45, 7) is 10.5. The topological polar surface area (TPSA) is 43.4 Å². The van der Waals surface area contributed by atoms with E-state index in [1.807, 2.05) is 0 Å². The van der Waals surface area contributed by atoms with E-state index in [4.69, 9.17) is 0 Å². The number of carbonyl (C=O) groups is 2. The molecule has 0 bridgehead atoms. The first-order valence-electron chi connectivity index (χ1n) is 2.99. The average molecular weight is 156 g/mol. The molecule has 3 heteroatoms. The van der Waals surface area contributed by atoms with Gasteiger partial charge in [0.15, 0.2) is 0 Å². The molecule has 0 spiro atoms. The number of ether oxygens (including phenoxy) is 1. The van der Waals surface area contributed by atoms with E-state index in [2.05, 4.69) is 24.5 Å². The van der Waals surface area contributed by atoms with E-state index in [1.165, 1.54) is 13.0 Å². The Morgan fingerprint density at radius 1 is 1.45 bits per heavy atom. The minimum Gasteiger partial charge on any atom is -0.393 e. The highest BCUT2D eigenvalue weighted by Gasteiger charge is 2.00. The third kappa shape index (κ3) is 12.0. The minimum atomic E-state index is -0.582. The van der Waals surface area contributed by atoms with E-state index in [0.29, 0.717) is 0 Å². The number of esters is 2. The summed E-state index contributed by atoms with van der Waals surface area (Å²) >= 11 is 0. The van der Waals surface area contributed by atoms with E-state index < -0.39 is 11.9 Å². The average Bonchev–Trinajstić information content (AvgIpc) is 1.91. The lowest BCUT2D eigenvalue weighted by molar-refractivity contribution is -0.157. The number of rotatable bonds is 2. The van der Waals surface area contributed by atoms with Gasteiger partial charge in [0.25, 0.3) is 0 Å². The van der Waals surface area contributed by atoms with Crippen LogP contribution in [0.4, 0.5) is 0 Å². The molecule has 0 saturated carbocycles. The predicted molar refractivity (Wildman–Crippen MR) is 42.8 cm³/mol. The van der Waals surface area contributed by atoms with Crippen LogP contribution in [0.25, 0.3) is 0 Å². The first-order chi connectivity index (χ1) is 5.16. The Kier molecular flexibility index (Phi) is 9.65. The molecule has 0 aliphatic rings. The highest BCUT2D eigenvalue weighted by atomic mass is 16.6. The molecule has 0 saturated heterocycles. The molecular formula is C8H12O3. The molecule has 3 nitrogen and oxygen atoms in total. The van der Waals surface area contributed by atoms with E-state index in [0.717, 1.165) is 0 Å². The first-order valence-corrected chi connectivity index (χ1v) is 2.99. The number of hydrogen-bond acceptors (Lipinski definition) is 3. The SMILES string of the molecule is C=C.C=CCC(=O)OC(C)=O. The standard InChI is InChI=1S/C6H8O3.C2H4/c1-3-4-6(8)9-5(2)7;1-2/h3H,1,4H2,2H3;1-2H2. The zero-order valence-corrected chi connectivity index (χ0v) is 6.63. The van der Waals surface area contributed by atoms with Crippen LogP contribution in [0.3, 0.4) is 0 Å². The minimum absolute atomic E-state index is 0.0829. The van der Waals surface area contributed by atoms with Crippen LogP contribution in [-0.4, -0.2) is 11.9 Å². The van der Waals surface area contributed by atoms with Gasteiger partial charge in [-0.15, -0.1) is 19.7 Å². The van der Waals surface area contributed by atoms with Crippen molar-refractivity contribution in [2.24, 2.45) is 0 Å². The van der Waals surface area contributed by atoms with Crippen molar-refractivity contribution in [3.05, 3.63) is 25.8 Å². The Bertz CT molecular complexity index is 149. The Labute approximate surface area is 66.4 Å². The first kappa shape index (κ1) is 12.3. The molecule has 0 rings (SSSR count). The molecule has 62 valence electrons. The molecule has 0 aliphatic heterocycles. The smallest absolute Gasteiger partial charge is 0.317 e. The van der Waals surface area contributed by atoms with Crippen LogP contribution in [0.1, 0.15) is 13.3 Å². The highest BCUT2D eigenvalue weighted by molar-refractivity contribution is 5.84. The van der Waals surface area contributed by atoms with Gasteiger partial charge in [-0.05, 0) is 0 Å². The second-order valence-electron chi connectivity index (χ2n) is 1.46. The number of hydrogen-bond donors (Lipinski definition) is 0. The lowest BCUT2D eigenvalue weighted by Gasteiger charge is -1.92. The summed E-state index contributed by atoms with van der Waals surface area (Å²) in [7, 11) is 0. The Hall–Kier alpha value is -1.38. The molecule has 11 heavy (non-hydrogen) atoms. The third-order valence-electron chi connectivity index (χ3n) is 0.569. The van der Waals surface area contributed by atoms with Crippen LogP contribution in [0.2, 0.25) is 0 Å². The lowest BCUT2D eigenvalue weighted by atomic mass is 10.4. The fraction of sp³-hybridized carbons (Fsp3) is 0.250.